The van der Waals surface area contributed by atoms with Crippen LogP contribution in [0, 0.1) is 0 Å². The molecule has 1 saturated heterocycles. The van der Waals surface area contributed by atoms with Crippen molar-refractivity contribution in [2.45, 2.75) is 52.2 Å². The van der Waals surface area contributed by atoms with E-state index < -0.39 is 5.60 Å². The summed E-state index contributed by atoms with van der Waals surface area (Å²) in [5.74, 6) is 1.53. The zero-order valence-corrected chi connectivity index (χ0v) is 18.3. The predicted octanol–water partition coefficient (Wildman–Crippen LogP) is 3.26. The molecule has 8 nitrogen and oxygen atoms in total. The average Bonchev–Trinajstić information content (AvgIpc) is 2.67. The van der Waals surface area contributed by atoms with Gasteiger partial charge in [-0.1, -0.05) is 0 Å². The first-order chi connectivity index (χ1) is 13.6. The van der Waals surface area contributed by atoms with Crippen LogP contribution in [0.4, 0.5) is 4.79 Å². The molecule has 164 valence electrons. The Bertz CT molecular complexity index is 639. The van der Waals surface area contributed by atoms with E-state index in [1.54, 1.807) is 17.0 Å². The van der Waals surface area contributed by atoms with Crippen molar-refractivity contribution in [3.63, 3.8) is 0 Å². The fraction of sp³-hybridized carbons (Fsp3) is 0.619. The molecule has 1 heterocycles. The number of methoxy groups -OCH3 is 2. The normalized spacial score (nSPS) is 14.4. The van der Waals surface area contributed by atoms with E-state index in [0.717, 1.165) is 25.9 Å². The van der Waals surface area contributed by atoms with Gasteiger partial charge in [0.25, 0.3) is 0 Å². The smallest absolute Gasteiger partial charge is 0.410 e. The van der Waals surface area contributed by atoms with E-state index in [1.165, 1.54) is 14.2 Å². The number of amides is 1. The van der Waals surface area contributed by atoms with E-state index in [2.05, 4.69) is 0 Å². The Kier molecular flexibility index (Phi) is 9.74. The maximum absolute atomic E-state index is 11.6. The number of carbonyl (C=O) groups excluding carboxylic acids is 2. The van der Waals surface area contributed by atoms with Crippen LogP contribution in [0.5, 0.6) is 17.2 Å². The summed E-state index contributed by atoms with van der Waals surface area (Å²) in [6, 6.07) is 3.57. The molecular weight excluding hydrogens is 376 g/mol. The molecule has 0 atom stereocenters. The maximum Gasteiger partial charge on any atom is 0.410 e. The number of piperidine rings is 1. The number of rotatable bonds is 5. The molecule has 2 N–H and O–H groups in total. The van der Waals surface area contributed by atoms with Gasteiger partial charge in [-0.2, -0.15) is 0 Å². The molecule has 1 aliphatic heterocycles. The van der Waals surface area contributed by atoms with Crippen LogP contribution < -0.4 is 19.9 Å². The Hall–Kier alpha value is -2.48. The second-order valence-corrected chi connectivity index (χ2v) is 7.60. The highest BCUT2D eigenvalue weighted by Gasteiger charge is 2.25. The summed E-state index contributed by atoms with van der Waals surface area (Å²) >= 11 is 0. The van der Waals surface area contributed by atoms with Crippen molar-refractivity contribution in [2.75, 3.05) is 33.9 Å². The lowest BCUT2D eigenvalue weighted by atomic mass is 10.1. The third-order valence-corrected chi connectivity index (χ3v) is 4.14. The Morgan fingerprint density at radius 3 is 2.07 bits per heavy atom. The van der Waals surface area contributed by atoms with Gasteiger partial charge in [0.1, 0.15) is 22.8 Å². The third-order valence-electron chi connectivity index (χ3n) is 4.14. The summed E-state index contributed by atoms with van der Waals surface area (Å²) in [5, 5.41) is 0. The van der Waals surface area contributed by atoms with Crippen LogP contribution in [-0.4, -0.2) is 62.8 Å². The molecule has 0 aliphatic carbocycles. The van der Waals surface area contributed by atoms with Crippen molar-refractivity contribution in [3.8, 4) is 17.2 Å². The molecule has 1 amide bonds. The van der Waals surface area contributed by atoms with E-state index in [1.807, 2.05) is 27.7 Å². The molecule has 2 rings (SSSR count). The van der Waals surface area contributed by atoms with Gasteiger partial charge in [-0.15, -0.1) is 0 Å². The molecule has 0 saturated carbocycles. The van der Waals surface area contributed by atoms with Gasteiger partial charge in [0.05, 0.1) is 26.4 Å². The largest absolute Gasteiger partial charge is 0.496 e. The lowest BCUT2D eigenvalue weighted by molar-refractivity contribution is 0.0206. The Labute approximate surface area is 173 Å². The fourth-order valence-electron chi connectivity index (χ4n) is 2.69. The van der Waals surface area contributed by atoms with Crippen LogP contribution in [0.2, 0.25) is 0 Å². The quantitative estimate of drug-likeness (QED) is 0.744. The predicted molar refractivity (Wildman–Crippen MR) is 111 cm³/mol. The number of nitrogens with zero attached hydrogens (tertiary/aromatic N) is 1. The highest BCUT2D eigenvalue weighted by Crippen LogP contribution is 2.32. The summed E-state index contributed by atoms with van der Waals surface area (Å²) in [5.41, 5.74) is 5.73. The fourth-order valence-corrected chi connectivity index (χ4v) is 2.69. The summed E-state index contributed by atoms with van der Waals surface area (Å²) in [6.07, 6.45) is 2.23. The molecule has 0 spiro atoms. The molecule has 8 heteroatoms. The Morgan fingerprint density at radius 1 is 1.17 bits per heavy atom. The monoisotopic (exact) mass is 410 g/mol. The molecule has 0 bridgehead atoms. The topological polar surface area (TPSA) is 100 Å². The molecule has 1 aromatic rings. The van der Waals surface area contributed by atoms with Gasteiger partial charge in [-0.3, -0.25) is 4.79 Å². The minimum Gasteiger partial charge on any atom is -0.496 e. The number of ether oxygens (including phenoxy) is 4. The Balaban J connectivity index is 0.000000291. The molecule has 0 unspecified atom stereocenters. The van der Waals surface area contributed by atoms with E-state index in [-0.39, 0.29) is 12.1 Å². The molecule has 1 aliphatic rings. The second kappa shape index (κ2) is 11.5. The van der Waals surface area contributed by atoms with E-state index in [9.17, 15) is 9.59 Å². The number of hydrogen-bond acceptors (Lipinski definition) is 7. The molecule has 0 aromatic heterocycles. The van der Waals surface area contributed by atoms with Gasteiger partial charge < -0.3 is 29.6 Å². The molecule has 1 aromatic carbocycles. The standard InChI is InChI=1S/C11H14O4.C10H20N2O2/c1-4-15-8-5-10(13-2)9(7-12)11(6-8)14-3;1-10(2,3)14-9(13)12-6-4-8(11)5-7-12/h5-7H,4H2,1-3H3;8H,4-7,11H2,1-3H3. The number of hydrogen-bond donors (Lipinski definition) is 1. The number of likely N-dealkylation sites (tertiary alicyclic amines) is 1. The number of aldehydes is 1. The third kappa shape index (κ3) is 8.19. The second-order valence-electron chi connectivity index (χ2n) is 7.60. The molecule has 0 radical (unpaired) electrons. The van der Waals surface area contributed by atoms with Crippen molar-refractivity contribution in [2.24, 2.45) is 5.73 Å². The van der Waals surface area contributed by atoms with Crippen molar-refractivity contribution in [3.05, 3.63) is 17.7 Å². The Morgan fingerprint density at radius 2 is 1.69 bits per heavy atom. The van der Waals surface area contributed by atoms with Gasteiger partial charge >= 0.3 is 6.09 Å². The van der Waals surface area contributed by atoms with Crippen molar-refractivity contribution in [1.29, 1.82) is 0 Å². The van der Waals surface area contributed by atoms with Crippen LogP contribution in [0.3, 0.4) is 0 Å². The lowest BCUT2D eigenvalue weighted by Gasteiger charge is -2.32. The minimum absolute atomic E-state index is 0.218. The minimum atomic E-state index is -0.406. The van der Waals surface area contributed by atoms with E-state index >= 15 is 0 Å². The molecule has 29 heavy (non-hydrogen) atoms. The first-order valence-electron chi connectivity index (χ1n) is 9.72. The highest BCUT2D eigenvalue weighted by atomic mass is 16.6. The van der Waals surface area contributed by atoms with Gasteiger partial charge in [-0.05, 0) is 40.5 Å². The van der Waals surface area contributed by atoms with Crippen LogP contribution in [0.1, 0.15) is 50.9 Å². The van der Waals surface area contributed by atoms with Crippen molar-refractivity contribution >= 4 is 12.4 Å². The number of carbonyl (C=O) groups is 2. The zero-order chi connectivity index (χ0) is 22.0. The highest BCUT2D eigenvalue weighted by molar-refractivity contribution is 5.84. The van der Waals surface area contributed by atoms with Crippen molar-refractivity contribution in [1.82, 2.24) is 4.90 Å². The number of benzene rings is 1. The maximum atomic E-state index is 11.6. The zero-order valence-electron chi connectivity index (χ0n) is 18.3. The van der Waals surface area contributed by atoms with Gasteiger partial charge in [0.2, 0.25) is 0 Å². The van der Waals surface area contributed by atoms with Gasteiger partial charge in [0, 0.05) is 31.3 Å². The van der Waals surface area contributed by atoms with E-state index in [4.69, 9.17) is 24.7 Å². The van der Waals surface area contributed by atoms with Gasteiger partial charge in [0.15, 0.2) is 6.29 Å². The van der Waals surface area contributed by atoms with Crippen molar-refractivity contribution < 1.29 is 28.5 Å². The van der Waals surface area contributed by atoms with Gasteiger partial charge in [-0.25, -0.2) is 4.79 Å². The summed E-state index contributed by atoms with van der Waals surface area (Å²) in [6.45, 7) is 9.49. The molecular formula is C21H34N2O6. The molecule has 1 fully saturated rings. The van der Waals surface area contributed by atoms with Crippen LogP contribution in [0.15, 0.2) is 12.1 Å². The first kappa shape index (κ1) is 24.6. The lowest BCUT2D eigenvalue weighted by Crippen LogP contribution is -2.44. The summed E-state index contributed by atoms with van der Waals surface area (Å²) in [4.78, 5) is 24.1. The summed E-state index contributed by atoms with van der Waals surface area (Å²) < 4.78 is 20.7. The average molecular weight is 411 g/mol. The SMILES string of the molecule is CC(C)(C)OC(=O)N1CCC(N)CC1.CCOc1cc(OC)c(C=O)c(OC)c1. The van der Waals surface area contributed by atoms with Crippen LogP contribution in [-0.2, 0) is 4.74 Å². The van der Waals surface area contributed by atoms with Crippen LogP contribution >= 0.6 is 0 Å². The van der Waals surface area contributed by atoms with E-state index in [0.29, 0.717) is 35.7 Å². The first-order valence-corrected chi connectivity index (χ1v) is 9.72. The number of nitrogens with two attached hydrogens (primary N) is 1. The van der Waals surface area contributed by atoms with Crippen LogP contribution in [0.25, 0.3) is 0 Å². The summed E-state index contributed by atoms with van der Waals surface area (Å²) in [7, 11) is 3.00.